The van der Waals surface area contributed by atoms with Crippen LogP contribution in [0.15, 0.2) is 30.3 Å². The molecule has 0 spiro atoms. The summed E-state index contributed by atoms with van der Waals surface area (Å²) in [7, 11) is 0. The smallest absolute Gasteiger partial charge is 0.109 e. The van der Waals surface area contributed by atoms with Crippen molar-refractivity contribution >= 4 is 0 Å². The zero-order valence-electron chi connectivity index (χ0n) is 13.6. The van der Waals surface area contributed by atoms with Crippen molar-refractivity contribution in [3.05, 3.63) is 35.9 Å². The van der Waals surface area contributed by atoms with E-state index in [1.165, 1.54) is 18.4 Å². The van der Waals surface area contributed by atoms with Crippen molar-refractivity contribution in [3.8, 4) is 0 Å². The third-order valence-electron chi connectivity index (χ3n) is 4.46. The number of aryl methyl sites for hydroxylation is 1. The quantitative estimate of drug-likeness (QED) is 0.507. The maximum atomic E-state index is 9.98. The third kappa shape index (κ3) is 5.86. The maximum Gasteiger partial charge on any atom is 0.109 e. The molecular weight excluding hydrogens is 294 g/mol. The van der Waals surface area contributed by atoms with Gasteiger partial charge in [-0.2, -0.15) is 0 Å². The lowest BCUT2D eigenvalue weighted by Gasteiger charge is -2.37. The van der Waals surface area contributed by atoms with Crippen LogP contribution in [0.3, 0.4) is 0 Å². The molecule has 0 saturated carbocycles. The van der Waals surface area contributed by atoms with Crippen molar-refractivity contribution in [2.75, 3.05) is 19.8 Å². The first-order chi connectivity index (χ1) is 11.2. The van der Waals surface area contributed by atoms with E-state index in [-0.39, 0.29) is 6.61 Å². The molecule has 2 rings (SSSR count). The zero-order valence-corrected chi connectivity index (χ0v) is 13.6. The Bertz CT molecular complexity index is 428. The number of piperidine rings is 1. The topological polar surface area (TPSA) is 82.0 Å². The highest BCUT2D eigenvalue weighted by Crippen LogP contribution is 2.14. The van der Waals surface area contributed by atoms with Crippen LogP contribution in [0.2, 0.25) is 0 Å². The lowest BCUT2D eigenvalue weighted by Crippen LogP contribution is -2.61. The number of aliphatic hydroxyl groups excluding tert-OH is 3. The summed E-state index contributed by atoms with van der Waals surface area (Å²) in [5.74, 6) is 0. The van der Waals surface area contributed by atoms with Gasteiger partial charge < -0.3 is 25.4 Å². The van der Waals surface area contributed by atoms with Crippen molar-refractivity contribution in [3.63, 3.8) is 0 Å². The molecule has 1 aromatic carbocycles. The van der Waals surface area contributed by atoms with Crippen molar-refractivity contribution in [2.24, 2.45) is 0 Å². The van der Waals surface area contributed by atoms with Crippen molar-refractivity contribution < 1.29 is 20.1 Å². The van der Waals surface area contributed by atoms with Gasteiger partial charge in [-0.25, -0.2) is 0 Å². The Labute approximate surface area is 138 Å². The van der Waals surface area contributed by atoms with Crippen molar-refractivity contribution in [1.29, 1.82) is 0 Å². The molecule has 4 N–H and O–H groups in total. The number of nitrogens with one attached hydrogen (secondary N) is 1. The maximum absolute atomic E-state index is 9.98. The number of unbranched alkanes of at least 4 members (excludes halogenated alkanes) is 3. The fourth-order valence-corrected chi connectivity index (χ4v) is 2.96. The van der Waals surface area contributed by atoms with Crippen LogP contribution in [-0.4, -0.2) is 59.4 Å². The molecule has 0 bridgehead atoms. The van der Waals surface area contributed by atoms with Crippen LogP contribution in [0.4, 0.5) is 0 Å². The summed E-state index contributed by atoms with van der Waals surface area (Å²) in [6.45, 7) is 0.856. The number of benzene rings is 1. The Morgan fingerprint density at radius 1 is 1.00 bits per heavy atom. The highest BCUT2D eigenvalue weighted by molar-refractivity contribution is 5.14. The molecule has 0 aromatic heterocycles. The van der Waals surface area contributed by atoms with Gasteiger partial charge in [0.1, 0.15) is 6.10 Å². The molecular formula is C18H29NO4. The van der Waals surface area contributed by atoms with Crippen molar-refractivity contribution in [1.82, 2.24) is 5.32 Å². The van der Waals surface area contributed by atoms with Gasteiger partial charge in [0.15, 0.2) is 0 Å². The summed E-state index contributed by atoms with van der Waals surface area (Å²) in [5.41, 5.74) is 1.38. The van der Waals surface area contributed by atoms with Gasteiger partial charge in [0.25, 0.3) is 0 Å². The Morgan fingerprint density at radius 2 is 1.74 bits per heavy atom. The molecule has 1 saturated heterocycles. The van der Waals surface area contributed by atoms with Crippen LogP contribution in [0, 0.1) is 0 Å². The Kier molecular flexibility index (Phi) is 7.99. The normalized spacial score (nSPS) is 28.0. The minimum Gasteiger partial charge on any atom is -0.395 e. The first-order valence-electron chi connectivity index (χ1n) is 8.58. The van der Waals surface area contributed by atoms with E-state index in [4.69, 9.17) is 9.84 Å². The second-order valence-electron chi connectivity index (χ2n) is 6.24. The highest BCUT2D eigenvalue weighted by Gasteiger charge is 2.37. The second kappa shape index (κ2) is 10.0. The molecule has 0 amide bonds. The molecule has 23 heavy (non-hydrogen) atoms. The molecule has 1 aliphatic heterocycles. The fourth-order valence-electron chi connectivity index (χ4n) is 2.96. The highest BCUT2D eigenvalue weighted by atomic mass is 16.5. The van der Waals surface area contributed by atoms with E-state index in [1.54, 1.807) is 0 Å². The third-order valence-corrected chi connectivity index (χ3v) is 4.46. The average Bonchev–Trinajstić information content (AvgIpc) is 2.58. The predicted molar refractivity (Wildman–Crippen MR) is 89.2 cm³/mol. The van der Waals surface area contributed by atoms with Gasteiger partial charge in [-0.1, -0.05) is 43.2 Å². The molecule has 1 aliphatic rings. The Morgan fingerprint density at radius 3 is 2.48 bits per heavy atom. The standard InChI is InChI=1S/C18H29NO4/c20-13-15-17(21)18(22)16(12-19-15)23-11-7-2-1-4-8-14-9-5-3-6-10-14/h3,5-6,9-10,15-22H,1-2,4,7-8,11-13H2/t15?,16-,17+,18+/m0/s1. The second-order valence-corrected chi connectivity index (χ2v) is 6.24. The number of ether oxygens (including phenoxy) is 1. The Hall–Kier alpha value is -0.980. The largest absolute Gasteiger partial charge is 0.395 e. The van der Waals surface area contributed by atoms with Gasteiger partial charge in [0.2, 0.25) is 0 Å². The molecule has 0 aliphatic carbocycles. The predicted octanol–water partition coefficient (Wildman–Crippen LogP) is 0.861. The fraction of sp³-hybridized carbons (Fsp3) is 0.667. The lowest BCUT2D eigenvalue weighted by atomic mass is 9.96. The first kappa shape index (κ1) is 18.4. The lowest BCUT2D eigenvalue weighted by molar-refractivity contribution is -0.124. The van der Waals surface area contributed by atoms with Crippen LogP contribution in [-0.2, 0) is 11.2 Å². The van der Waals surface area contributed by atoms with Gasteiger partial charge in [0.05, 0.1) is 24.9 Å². The van der Waals surface area contributed by atoms with E-state index in [0.717, 1.165) is 19.3 Å². The average molecular weight is 323 g/mol. The molecule has 5 heteroatoms. The van der Waals surface area contributed by atoms with Gasteiger partial charge in [-0.3, -0.25) is 0 Å². The summed E-state index contributed by atoms with van der Waals surface area (Å²) in [6.07, 6.45) is 3.19. The zero-order chi connectivity index (χ0) is 16.5. The minimum absolute atomic E-state index is 0.188. The van der Waals surface area contributed by atoms with Crippen LogP contribution in [0.25, 0.3) is 0 Å². The molecule has 4 atom stereocenters. The van der Waals surface area contributed by atoms with Crippen LogP contribution in [0.5, 0.6) is 0 Å². The van der Waals surface area contributed by atoms with Gasteiger partial charge in [0, 0.05) is 13.2 Å². The van der Waals surface area contributed by atoms with E-state index in [9.17, 15) is 10.2 Å². The van der Waals surface area contributed by atoms with E-state index >= 15 is 0 Å². The minimum atomic E-state index is -0.982. The Balaban J connectivity index is 1.52. The van der Waals surface area contributed by atoms with Gasteiger partial charge >= 0.3 is 0 Å². The molecule has 5 nitrogen and oxygen atoms in total. The van der Waals surface area contributed by atoms with Crippen LogP contribution < -0.4 is 5.32 Å². The summed E-state index contributed by atoms with van der Waals surface area (Å²) >= 11 is 0. The summed E-state index contributed by atoms with van der Waals surface area (Å²) in [6, 6.07) is 10.0. The SMILES string of the molecule is OCC1NC[C@H](OCCCCCCc2ccccc2)[C@@H](O)[C@@H]1O. The van der Waals surface area contributed by atoms with Gasteiger partial charge in [-0.05, 0) is 24.8 Å². The summed E-state index contributed by atoms with van der Waals surface area (Å²) < 4.78 is 5.67. The number of hydrogen-bond donors (Lipinski definition) is 4. The molecule has 1 fully saturated rings. The van der Waals surface area contributed by atoms with Crippen LogP contribution in [0.1, 0.15) is 31.2 Å². The summed E-state index contributed by atoms with van der Waals surface area (Å²) in [5, 5.41) is 31.9. The van der Waals surface area contributed by atoms with E-state index in [2.05, 4.69) is 29.6 Å². The molecule has 0 radical (unpaired) electrons. The number of hydrogen-bond acceptors (Lipinski definition) is 5. The van der Waals surface area contributed by atoms with Crippen LogP contribution >= 0.6 is 0 Å². The molecule has 1 heterocycles. The monoisotopic (exact) mass is 323 g/mol. The first-order valence-corrected chi connectivity index (χ1v) is 8.58. The van der Waals surface area contributed by atoms with E-state index in [1.807, 2.05) is 6.07 Å². The number of rotatable bonds is 9. The van der Waals surface area contributed by atoms with Crippen molar-refractivity contribution in [2.45, 2.75) is 56.5 Å². The molecule has 1 aromatic rings. The molecule has 1 unspecified atom stereocenters. The van der Waals surface area contributed by atoms with Gasteiger partial charge in [-0.15, -0.1) is 0 Å². The van der Waals surface area contributed by atoms with E-state index < -0.39 is 24.4 Å². The molecule has 130 valence electrons. The van der Waals surface area contributed by atoms with E-state index in [0.29, 0.717) is 13.2 Å². The summed E-state index contributed by atoms with van der Waals surface area (Å²) in [4.78, 5) is 0. The number of aliphatic hydroxyl groups is 3.